The number of piperidine rings is 1. The number of esters is 1. The molecule has 0 aromatic heterocycles. The number of hydrogen-bond acceptors (Lipinski definition) is 3. The maximum absolute atomic E-state index is 11.6. The van der Waals surface area contributed by atoms with Gasteiger partial charge in [0.05, 0.1) is 12.2 Å². The molecule has 0 spiro atoms. The monoisotopic (exact) mass is 197 g/mol. The highest BCUT2D eigenvalue weighted by Gasteiger charge is 2.16. The summed E-state index contributed by atoms with van der Waals surface area (Å²) in [5, 5.41) is 3.29. The van der Waals surface area contributed by atoms with Crippen molar-refractivity contribution in [2.75, 3.05) is 13.2 Å². The van der Waals surface area contributed by atoms with Gasteiger partial charge in [0, 0.05) is 12.2 Å². The molecule has 0 aromatic carbocycles. The number of carbonyl (C=O) groups is 1. The van der Waals surface area contributed by atoms with Crippen LogP contribution in [0, 0.1) is 0 Å². The molecule has 3 nitrogen and oxygen atoms in total. The summed E-state index contributed by atoms with van der Waals surface area (Å²) < 4.78 is 5.01. The average Bonchev–Trinajstić information content (AvgIpc) is 2.21. The third-order valence-corrected chi connectivity index (χ3v) is 2.43. The zero-order valence-electron chi connectivity index (χ0n) is 9.06. The van der Waals surface area contributed by atoms with E-state index in [1.807, 2.05) is 13.8 Å². The Bertz CT molecular complexity index is 225. The van der Waals surface area contributed by atoms with Crippen LogP contribution in [0.5, 0.6) is 0 Å². The molecule has 1 aliphatic heterocycles. The van der Waals surface area contributed by atoms with Crippen LogP contribution in [0.2, 0.25) is 0 Å². The lowest BCUT2D eigenvalue weighted by molar-refractivity contribution is -0.138. The van der Waals surface area contributed by atoms with Crippen LogP contribution in [-0.4, -0.2) is 19.1 Å². The Morgan fingerprint density at radius 2 is 2.21 bits per heavy atom. The molecule has 0 radical (unpaired) electrons. The number of nitrogens with one attached hydrogen (secondary N) is 1. The molecule has 0 aliphatic carbocycles. The van der Waals surface area contributed by atoms with E-state index in [4.69, 9.17) is 4.74 Å². The SMILES string of the molecule is CCOC(=O)C(CC)=C1CCCCN1. The normalized spacial score (nSPS) is 19.9. The van der Waals surface area contributed by atoms with Gasteiger partial charge in [-0.3, -0.25) is 0 Å². The maximum atomic E-state index is 11.6. The Kier molecular flexibility index (Phi) is 4.50. The number of carbonyl (C=O) groups excluding carboxylic acids is 1. The Morgan fingerprint density at radius 3 is 2.71 bits per heavy atom. The van der Waals surface area contributed by atoms with E-state index < -0.39 is 0 Å². The summed E-state index contributed by atoms with van der Waals surface area (Å²) in [6.45, 7) is 5.27. The molecule has 0 aromatic rings. The van der Waals surface area contributed by atoms with Crippen molar-refractivity contribution in [2.24, 2.45) is 0 Å². The predicted molar refractivity (Wildman–Crippen MR) is 55.8 cm³/mol. The Morgan fingerprint density at radius 1 is 1.43 bits per heavy atom. The summed E-state index contributed by atoms with van der Waals surface area (Å²) in [5.41, 5.74) is 1.92. The van der Waals surface area contributed by atoms with E-state index in [1.165, 1.54) is 12.8 Å². The molecule has 1 aliphatic rings. The lowest BCUT2D eigenvalue weighted by Gasteiger charge is -2.19. The molecule has 0 saturated carbocycles. The topological polar surface area (TPSA) is 38.3 Å². The second-order valence-electron chi connectivity index (χ2n) is 3.42. The summed E-state index contributed by atoms with van der Waals surface area (Å²) in [4.78, 5) is 11.6. The van der Waals surface area contributed by atoms with E-state index >= 15 is 0 Å². The fraction of sp³-hybridized carbons (Fsp3) is 0.727. The van der Waals surface area contributed by atoms with Gasteiger partial charge in [0.1, 0.15) is 0 Å². The van der Waals surface area contributed by atoms with Crippen LogP contribution in [0.15, 0.2) is 11.3 Å². The fourth-order valence-electron chi connectivity index (χ4n) is 1.71. The molecule has 0 amide bonds. The van der Waals surface area contributed by atoms with Crippen molar-refractivity contribution in [3.8, 4) is 0 Å². The molecule has 0 atom stereocenters. The molecule has 1 heterocycles. The third-order valence-electron chi connectivity index (χ3n) is 2.43. The van der Waals surface area contributed by atoms with Crippen LogP contribution in [-0.2, 0) is 9.53 Å². The first kappa shape index (κ1) is 11.1. The van der Waals surface area contributed by atoms with Crippen molar-refractivity contribution in [3.63, 3.8) is 0 Å². The minimum atomic E-state index is -0.153. The Balaban J connectivity index is 2.70. The van der Waals surface area contributed by atoms with Crippen molar-refractivity contribution in [1.29, 1.82) is 0 Å². The first-order chi connectivity index (χ1) is 6.79. The summed E-state index contributed by atoms with van der Waals surface area (Å²) in [5.74, 6) is -0.153. The lowest BCUT2D eigenvalue weighted by atomic mass is 10.0. The smallest absolute Gasteiger partial charge is 0.335 e. The molecule has 80 valence electrons. The minimum absolute atomic E-state index is 0.153. The highest BCUT2D eigenvalue weighted by Crippen LogP contribution is 2.17. The average molecular weight is 197 g/mol. The quantitative estimate of drug-likeness (QED) is 0.555. The lowest BCUT2D eigenvalue weighted by Crippen LogP contribution is -2.24. The van der Waals surface area contributed by atoms with E-state index in [9.17, 15) is 4.79 Å². The van der Waals surface area contributed by atoms with Gasteiger partial charge in [0.25, 0.3) is 0 Å². The molecule has 0 unspecified atom stereocenters. The van der Waals surface area contributed by atoms with Crippen LogP contribution in [0.25, 0.3) is 0 Å². The first-order valence-electron chi connectivity index (χ1n) is 5.42. The maximum Gasteiger partial charge on any atom is 0.335 e. The molecule has 14 heavy (non-hydrogen) atoms. The van der Waals surface area contributed by atoms with Crippen molar-refractivity contribution in [2.45, 2.75) is 39.5 Å². The van der Waals surface area contributed by atoms with E-state index in [1.54, 1.807) is 0 Å². The number of allylic oxidation sites excluding steroid dienone is 1. The van der Waals surface area contributed by atoms with Crippen LogP contribution in [0.3, 0.4) is 0 Å². The van der Waals surface area contributed by atoms with Gasteiger partial charge >= 0.3 is 5.97 Å². The Labute approximate surface area is 85.5 Å². The van der Waals surface area contributed by atoms with Crippen LogP contribution in [0.1, 0.15) is 39.5 Å². The van der Waals surface area contributed by atoms with Crippen LogP contribution >= 0.6 is 0 Å². The number of rotatable bonds is 3. The zero-order chi connectivity index (χ0) is 10.4. The van der Waals surface area contributed by atoms with Gasteiger partial charge in [-0.15, -0.1) is 0 Å². The molecular weight excluding hydrogens is 178 g/mol. The van der Waals surface area contributed by atoms with Gasteiger partial charge in [-0.05, 0) is 32.6 Å². The Hall–Kier alpha value is -0.990. The third kappa shape index (κ3) is 2.76. The summed E-state index contributed by atoms with van der Waals surface area (Å²) in [6, 6.07) is 0. The zero-order valence-corrected chi connectivity index (χ0v) is 9.06. The first-order valence-corrected chi connectivity index (χ1v) is 5.42. The number of hydrogen-bond donors (Lipinski definition) is 1. The second kappa shape index (κ2) is 5.68. The van der Waals surface area contributed by atoms with E-state index in [0.29, 0.717) is 6.61 Å². The minimum Gasteiger partial charge on any atom is -0.463 e. The van der Waals surface area contributed by atoms with Gasteiger partial charge in [0.15, 0.2) is 0 Å². The fourth-order valence-corrected chi connectivity index (χ4v) is 1.71. The summed E-state index contributed by atoms with van der Waals surface area (Å²) >= 11 is 0. The highest BCUT2D eigenvalue weighted by atomic mass is 16.5. The van der Waals surface area contributed by atoms with Crippen LogP contribution in [0.4, 0.5) is 0 Å². The van der Waals surface area contributed by atoms with Crippen molar-refractivity contribution < 1.29 is 9.53 Å². The van der Waals surface area contributed by atoms with E-state index in [-0.39, 0.29) is 5.97 Å². The molecular formula is C11H19NO2. The van der Waals surface area contributed by atoms with Gasteiger partial charge in [-0.1, -0.05) is 6.92 Å². The van der Waals surface area contributed by atoms with Gasteiger partial charge < -0.3 is 10.1 Å². The molecule has 1 fully saturated rings. The van der Waals surface area contributed by atoms with E-state index in [0.717, 1.165) is 30.7 Å². The highest BCUT2D eigenvalue weighted by molar-refractivity contribution is 5.89. The molecule has 0 bridgehead atoms. The van der Waals surface area contributed by atoms with Gasteiger partial charge in [0.2, 0.25) is 0 Å². The molecule has 3 heteroatoms. The van der Waals surface area contributed by atoms with Crippen molar-refractivity contribution >= 4 is 5.97 Å². The second-order valence-corrected chi connectivity index (χ2v) is 3.42. The predicted octanol–water partition coefficient (Wildman–Crippen LogP) is 1.99. The van der Waals surface area contributed by atoms with Gasteiger partial charge in [-0.25, -0.2) is 4.79 Å². The van der Waals surface area contributed by atoms with Crippen molar-refractivity contribution in [1.82, 2.24) is 5.32 Å². The summed E-state index contributed by atoms with van der Waals surface area (Å²) in [6.07, 6.45) is 4.11. The van der Waals surface area contributed by atoms with Gasteiger partial charge in [-0.2, -0.15) is 0 Å². The molecule has 1 saturated heterocycles. The van der Waals surface area contributed by atoms with Crippen LogP contribution < -0.4 is 5.32 Å². The van der Waals surface area contributed by atoms with Crippen molar-refractivity contribution in [3.05, 3.63) is 11.3 Å². The standard InChI is InChI=1S/C11H19NO2/c1-3-9(11(13)14-4-2)10-7-5-6-8-12-10/h12H,3-8H2,1-2H3. The molecule has 1 rings (SSSR count). The largest absolute Gasteiger partial charge is 0.463 e. The van der Waals surface area contributed by atoms with E-state index in [2.05, 4.69) is 5.32 Å². The molecule has 1 N–H and O–H groups in total. The summed E-state index contributed by atoms with van der Waals surface area (Å²) in [7, 11) is 0. The number of ether oxygens (including phenoxy) is 1.